The van der Waals surface area contributed by atoms with Gasteiger partial charge < -0.3 is 4.74 Å². The molecule has 0 aliphatic heterocycles. The lowest BCUT2D eigenvalue weighted by Crippen LogP contribution is -1.91. The van der Waals surface area contributed by atoms with Gasteiger partial charge in [0.1, 0.15) is 22.9 Å². The van der Waals surface area contributed by atoms with Crippen molar-refractivity contribution in [2.24, 2.45) is 0 Å². The Balaban J connectivity index is 2.06. The van der Waals surface area contributed by atoms with Gasteiger partial charge in [-0.1, -0.05) is 0 Å². The Morgan fingerprint density at radius 1 is 1.00 bits per heavy atom. The molecule has 3 aromatic rings. The number of nitrogens with zero attached hydrogens (tertiary/aromatic N) is 2. The first kappa shape index (κ1) is 12.9. The summed E-state index contributed by atoms with van der Waals surface area (Å²) in [6.45, 7) is 0. The summed E-state index contributed by atoms with van der Waals surface area (Å²) in [5.41, 5.74) is 1.13. The highest BCUT2D eigenvalue weighted by atomic mass is 79.9. The fourth-order valence-corrected chi connectivity index (χ4v) is 2.10. The van der Waals surface area contributed by atoms with Crippen LogP contribution in [-0.2, 0) is 0 Å². The van der Waals surface area contributed by atoms with Gasteiger partial charge in [0.2, 0.25) is 0 Å². The van der Waals surface area contributed by atoms with Crippen molar-refractivity contribution >= 4 is 27.0 Å². The van der Waals surface area contributed by atoms with Crippen LogP contribution in [0.2, 0.25) is 0 Å². The summed E-state index contributed by atoms with van der Waals surface area (Å²) in [4.78, 5) is 8.36. The van der Waals surface area contributed by atoms with E-state index in [1.807, 2.05) is 0 Å². The predicted molar refractivity (Wildman–Crippen MR) is 73.7 cm³/mol. The molecule has 6 heteroatoms. The average Bonchev–Trinajstić information content (AvgIpc) is 2.37. The molecule has 0 unspecified atom stereocenters. The lowest BCUT2D eigenvalue weighted by molar-refractivity contribution is 0.471. The number of aromatic nitrogens is 2. The second kappa shape index (κ2) is 5.13. The van der Waals surface area contributed by atoms with Gasteiger partial charge in [-0.2, -0.15) is 0 Å². The molecule has 2 heterocycles. The summed E-state index contributed by atoms with van der Waals surface area (Å²) in [6.07, 6.45) is 3.14. The van der Waals surface area contributed by atoms with Crippen LogP contribution in [0.5, 0.6) is 11.5 Å². The summed E-state index contributed by atoms with van der Waals surface area (Å²) in [6, 6.07) is 6.36. The Kier molecular flexibility index (Phi) is 3.31. The SMILES string of the molecule is Fc1cc(F)cc(Oc2ccnc3cc(Br)cnc23)c1. The van der Waals surface area contributed by atoms with Crippen LogP contribution in [-0.4, -0.2) is 9.97 Å². The van der Waals surface area contributed by atoms with Crippen LogP contribution >= 0.6 is 15.9 Å². The molecule has 2 aromatic heterocycles. The van der Waals surface area contributed by atoms with Crippen LogP contribution in [0.15, 0.2) is 47.2 Å². The van der Waals surface area contributed by atoms with E-state index in [-0.39, 0.29) is 5.75 Å². The van der Waals surface area contributed by atoms with Crippen molar-refractivity contribution in [3.05, 3.63) is 58.8 Å². The molecule has 0 amide bonds. The topological polar surface area (TPSA) is 35.0 Å². The van der Waals surface area contributed by atoms with Crippen LogP contribution in [0.4, 0.5) is 8.78 Å². The smallest absolute Gasteiger partial charge is 0.156 e. The third kappa shape index (κ3) is 2.60. The number of halogens is 3. The van der Waals surface area contributed by atoms with Crippen LogP contribution in [0.1, 0.15) is 0 Å². The largest absolute Gasteiger partial charge is 0.455 e. The van der Waals surface area contributed by atoms with E-state index < -0.39 is 11.6 Å². The minimum atomic E-state index is -0.700. The van der Waals surface area contributed by atoms with E-state index in [0.29, 0.717) is 16.8 Å². The first-order chi connectivity index (χ1) is 9.61. The van der Waals surface area contributed by atoms with Crippen LogP contribution < -0.4 is 4.74 Å². The monoisotopic (exact) mass is 336 g/mol. The van der Waals surface area contributed by atoms with Crippen molar-refractivity contribution in [3.8, 4) is 11.5 Å². The van der Waals surface area contributed by atoms with Crippen LogP contribution in [0.25, 0.3) is 11.0 Å². The summed E-state index contributed by atoms with van der Waals surface area (Å²) in [5.74, 6) is -0.949. The third-order valence-corrected chi connectivity index (χ3v) is 3.00. The van der Waals surface area contributed by atoms with E-state index in [9.17, 15) is 8.78 Å². The van der Waals surface area contributed by atoms with Gasteiger partial charge in [0.15, 0.2) is 5.75 Å². The van der Waals surface area contributed by atoms with Gasteiger partial charge in [0.25, 0.3) is 0 Å². The van der Waals surface area contributed by atoms with E-state index in [4.69, 9.17) is 4.74 Å². The lowest BCUT2D eigenvalue weighted by atomic mass is 10.3. The van der Waals surface area contributed by atoms with Crippen molar-refractivity contribution in [1.82, 2.24) is 9.97 Å². The molecule has 0 bridgehead atoms. The van der Waals surface area contributed by atoms with E-state index in [1.54, 1.807) is 24.5 Å². The van der Waals surface area contributed by atoms with Gasteiger partial charge in [-0.15, -0.1) is 0 Å². The van der Waals surface area contributed by atoms with E-state index in [1.165, 1.54) is 0 Å². The highest BCUT2D eigenvalue weighted by molar-refractivity contribution is 9.10. The number of ether oxygens (including phenoxy) is 1. The Morgan fingerprint density at radius 3 is 2.50 bits per heavy atom. The lowest BCUT2D eigenvalue weighted by Gasteiger charge is -2.08. The zero-order valence-electron chi connectivity index (χ0n) is 9.98. The van der Waals surface area contributed by atoms with Crippen molar-refractivity contribution in [2.45, 2.75) is 0 Å². The predicted octanol–water partition coefficient (Wildman–Crippen LogP) is 4.46. The first-order valence-electron chi connectivity index (χ1n) is 5.66. The molecule has 0 aliphatic rings. The van der Waals surface area contributed by atoms with Crippen LogP contribution in [0.3, 0.4) is 0 Å². The van der Waals surface area contributed by atoms with Crippen LogP contribution in [0, 0.1) is 11.6 Å². The zero-order chi connectivity index (χ0) is 14.1. The van der Waals surface area contributed by atoms with Crippen molar-refractivity contribution in [2.75, 3.05) is 0 Å². The maximum absolute atomic E-state index is 13.1. The van der Waals surface area contributed by atoms with Gasteiger partial charge in [-0.25, -0.2) is 13.8 Å². The first-order valence-corrected chi connectivity index (χ1v) is 6.45. The Morgan fingerprint density at radius 2 is 1.75 bits per heavy atom. The second-order valence-corrected chi connectivity index (χ2v) is 4.95. The van der Waals surface area contributed by atoms with Gasteiger partial charge >= 0.3 is 0 Å². The van der Waals surface area contributed by atoms with Crippen molar-refractivity contribution in [3.63, 3.8) is 0 Å². The average molecular weight is 337 g/mol. The molecule has 1 aromatic carbocycles. The molecule has 100 valence electrons. The van der Waals surface area contributed by atoms with Gasteiger partial charge in [-0.05, 0) is 22.0 Å². The standard InChI is InChI=1S/C14H7BrF2N2O/c15-8-3-12-14(19-7-8)13(1-2-18-12)20-11-5-9(16)4-10(17)6-11/h1-7H. The maximum atomic E-state index is 13.1. The molecule has 3 nitrogen and oxygen atoms in total. The summed E-state index contributed by atoms with van der Waals surface area (Å²) in [7, 11) is 0. The van der Waals surface area contributed by atoms with E-state index in [2.05, 4.69) is 25.9 Å². The van der Waals surface area contributed by atoms with Crippen molar-refractivity contribution in [1.29, 1.82) is 0 Å². The molecule has 0 N–H and O–H groups in total. The Labute approximate surface area is 121 Å². The molecule has 0 spiro atoms. The number of rotatable bonds is 2. The Bertz CT molecular complexity index is 775. The molecule has 0 radical (unpaired) electrons. The normalized spacial score (nSPS) is 10.8. The quantitative estimate of drug-likeness (QED) is 0.692. The van der Waals surface area contributed by atoms with Gasteiger partial charge in [0, 0.05) is 41.1 Å². The van der Waals surface area contributed by atoms with Gasteiger partial charge in [-0.3, -0.25) is 4.98 Å². The molecule has 3 rings (SSSR count). The number of benzene rings is 1. The summed E-state index contributed by atoms with van der Waals surface area (Å²) in [5, 5.41) is 0. The molecular formula is C14H7BrF2N2O. The van der Waals surface area contributed by atoms with Crippen molar-refractivity contribution < 1.29 is 13.5 Å². The summed E-state index contributed by atoms with van der Waals surface area (Å²) >= 11 is 3.30. The highest BCUT2D eigenvalue weighted by Gasteiger charge is 2.08. The fraction of sp³-hybridized carbons (Fsp3) is 0. The zero-order valence-corrected chi connectivity index (χ0v) is 11.6. The van der Waals surface area contributed by atoms with E-state index in [0.717, 1.165) is 22.7 Å². The molecule has 0 atom stereocenters. The van der Waals surface area contributed by atoms with Gasteiger partial charge in [0.05, 0.1) is 5.52 Å². The molecule has 0 fully saturated rings. The minimum absolute atomic E-state index is 0.0692. The Hall–Kier alpha value is -2.08. The molecule has 0 saturated heterocycles. The highest BCUT2D eigenvalue weighted by Crippen LogP contribution is 2.29. The molecule has 0 saturated carbocycles. The third-order valence-electron chi connectivity index (χ3n) is 2.57. The number of hydrogen-bond donors (Lipinski definition) is 0. The summed E-state index contributed by atoms with van der Waals surface area (Å²) < 4.78 is 32.6. The molecule has 0 aliphatic carbocycles. The molecular weight excluding hydrogens is 330 g/mol. The fourth-order valence-electron chi connectivity index (χ4n) is 1.78. The van der Waals surface area contributed by atoms with E-state index >= 15 is 0 Å². The molecule has 20 heavy (non-hydrogen) atoms. The number of fused-ring (bicyclic) bond motifs is 1. The number of pyridine rings is 2. The maximum Gasteiger partial charge on any atom is 0.156 e. The number of hydrogen-bond acceptors (Lipinski definition) is 3. The minimum Gasteiger partial charge on any atom is -0.455 e. The second-order valence-electron chi connectivity index (χ2n) is 4.04.